The summed E-state index contributed by atoms with van der Waals surface area (Å²) in [5, 5.41) is 7.89. The van der Waals surface area contributed by atoms with E-state index in [-0.39, 0.29) is 5.91 Å². The molecule has 0 saturated heterocycles. The van der Waals surface area contributed by atoms with Gasteiger partial charge in [0.2, 0.25) is 5.91 Å². The summed E-state index contributed by atoms with van der Waals surface area (Å²) in [7, 11) is 1.92. The highest BCUT2D eigenvalue weighted by atomic mass is 35.5. The molecule has 134 valence electrons. The molecule has 1 amide bonds. The van der Waals surface area contributed by atoms with Crippen LogP contribution in [0, 0.1) is 0 Å². The van der Waals surface area contributed by atoms with E-state index in [0.717, 1.165) is 5.56 Å². The summed E-state index contributed by atoms with van der Waals surface area (Å²) in [6.07, 6.45) is 1.67. The third-order valence-electron chi connectivity index (χ3n) is 3.97. The summed E-state index contributed by atoms with van der Waals surface area (Å²) in [4.78, 5) is 14.3. The van der Waals surface area contributed by atoms with Crippen molar-refractivity contribution in [2.75, 3.05) is 18.9 Å². The van der Waals surface area contributed by atoms with E-state index in [1.807, 2.05) is 66.5 Å². The molecule has 0 unspecified atom stereocenters. The summed E-state index contributed by atoms with van der Waals surface area (Å²) >= 11 is 6.21. The van der Waals surface area contributed by atoms with Crippen LogP contribution >= 0.6 is 11.6 Å². The van der Waals surface area contributed by atoms with Crippen LogP contribution in [0.3, 0.4) is 0 Å². The van der Waals surface area contributed by atoms with E-state index in [2.05, 4.69) is 10.4 Å². The Balaban J connectivity index is 1.58. The first kappa shape index (κ1) is 18.2. The van der Waals surface area contributed by atoms with Crippen LogP contribution in [0.2, 0.25) is 5.02 Å². The predicted molar refractivity (Wildman–Crippen MR) is 104 cm³/mol. The number of nitrogens with zero attached hydrogens (tertiary/aromatic N) is 3. The fourth-order valence-corrected chi connectivity index (χ4v) is 2.93. The highest BCUT2D eigenvalue weighted by Gasteiger charge is 2.11. The van der Waals surface area contributed by atoms with Crippen molar-refractivity contribution in [3.05, 3.63) is 83.0 Å². The number of likely N-dealkylation sites (N-methyl/N-ethyl adjacent to an activating group) is 1. The summed E-state index contributed by atoms with van der Waals surface area (Å²) in [5.41, 5.74) is 2.13. The van der Waals surface area contributed by atoms with E-state index < -0.39 is 0 Å². The number of carbonyl (C=O) groups is 1. The lowest BCUT2D eigenvalue weighted by molar-refractivity contribution is -0.117. The molecule has 6 heteroatoms. The van der Waals surface area contributed by atoms with E-state index >= 15 is 0 Å². The van der Waals surface area contributed by atoms with Crippen molar-refractivity contribution in [2.45, 2.75) is 13.1 Å². The highest BCUT2D eigenvalue weighted by molar-refractivity contribution is 6.31. The molecule has 1 heterocycles. The molecular weight excluding hydrogens is 348 g/mol. The van der Waals surface area contributed by atoms with Crippen LogP contribution in [-0.2, 0) is 17.9 Å². The quantitative estimate of drug-likeness (QED) is 0.692. The van der Waals surface area contributed by atoms with Crippen molar-refractivity contribution >= 4 is 23.3 Å². The van der Waals surface area contributed by atoms with Crippen LogP contribution in [0.25, 0.3) is 0 Å². The molecule has 0 saturated carbocycles. The third kappa shape index (κ3) is 4.94. The zero-order valence-corrected chi connectivity index (χ0v) is 15.4. The molecule has 3 aromatic rings. The number of amides is 1. The van der Waals surface area contributed by atoms with Crippen LogP contribution in [0.15, 0.2) is 66.9 Å². The van der Waals surface area contributed by atoms with Gasteiger partial charge in [0.05, 0.1) is 19.3 Å². The summed E-state index contributed by atoms with van der Waals surface area (Å²) in [6, 6.07) is 19.5. The monoisotopic (exact) mass is 368 g/mol. The molecule has 5 nitrogen and oxygen atoms in total. The molecule has 0 spiro atoms. The average molecular weight is 369 g/mol. The molecule has 0 aliphatic rings. The zero-order chi connectivity index (χ0) is 18.4. The van der Waals surface area contributed by atoms with Gasteiger partial charge < -0.3 is 5.32 Å². The molecule has 0 bridgehead atoms. The smallest absolute Gasteiger partial charge is 0.239 e. The molecule has 1 aromatic heterocycles. The summed E-state index contributed by atoms with van der Waals surface area (Å²) in [5.74, 6) is 0.576. The molecule has 0 atom stereocenters. The van der Waals surface area contributed by atoms with Gasteiger partial charge in [0.15, 0.2) is 0 Å². The molecule has 0 aliphatic heterocycles. The van der Waals surface area contributed by atoms with Crippen molar-refractivity contribution < 1.29 is 4.79 Å². The number of aromatic nitrogens is 2. The molecular formula is C20H21ClN4O. The van der Waals surface area contributed by atoms with Gasteiger partial charge in [0, 0.05) is 17.6 Å². The number of hydrogen-bond donors (Lipinski definition) is 1. The number of carbonyl (C=O) groups excluding carboxylic acids is 1. The zero-order valence-electron chi connectivity index (χ0n) is 14.6. The predicted octanol–water partition coefficient (Wildman–Crippen LogP) is 3.66. The van der Waals surface area contributed by atoms with Gasteiger partial charge >= 0.3 is 0 Å². The van der Waals surface area contributed by atoms with Gasteiger partial charge in [-0.05, 0) is 24.2 Å². The maximum atomic E-state index is 12.4. The van der Waals surface area contributed by atoms with Gasteiger partial charge in [-0.1, -0.05) is 60.1 Å². The number of rotatable bonds is 7. The lowest BCUT2D eigenvalue weighted by atomic mass is 10.2. The van der Waals surface area contributed by atoms with E-state index in [1.165, 1.54) is 5.56 Å². The van der Waals surface area contributed by atoms with Crippen molar-refractivity contribution in [3.8, 4) is 0 Å². The third-order valence-corrected chi connectivity index (χ3v) is 4.34. The minimum absolute atomic E-state index is 0.0793. The Kier molecular flexibility index (Phi) is 6.04. The van der Waals surface area contributed by atoms with E-state index in [0.29, 0.717) is 30.5 Å². The van der Waals surface area contributed by atoms with E-state index in [9.17, 15) is 4.79 Å². The normalized spacial score (nSPS) is 10.9. The summed E-state index contributed by atoms with van der Waals surface area (Å²) in [6.45, 7) is 1.52. The van der Waals surface area contributed by atoms with E-state index in [4.69, 9.17) is 11.6 Å². The second-order valence-corrected chi connectivity index (χ2v) is 6.58. The fraction of sp³-hybridized carbons (Fsp3) is 0.200. The van der Waals surface area contributed by atoms with Gasteiger partial charge in [-0.15, -0.1) is 0 Å². The lowest BCUT2D eigenvalue weighted by Gasteiger charge is -2.17. The molecule has 2 aromatic carbocycles. The Morgan fingerprint density at radius 3 is 2.62 bits per heavy atom. The second-order valence-electron chi connectivity index (χ2n) is 6.17. The minimum atomic E-state index is -0.0793. The topological polar surface area (TPSA) is 50.2 Å². The number of anilines is 1. The van der Waals surface area contributed by atoms with Crippen molar-refractivity contribution in [1.82, 2.24) is 14.7 Å². The van der Waals surface area contributed by atoms with Crippen molar-refractivity contribution in [2.24, 2.45) is 0 Å². The Labute approximate surface area is 158 Å². The van der Waals surface area contributed by atoms with Crippen LogP contribution in [0.1, 0.15) is 11.1 Å². The largest absolute Gasteiger partial charge is 0.310 e. The van der Waals surface area contributed by atoms with Crippen LogP contribution in [-0.4, -0.2) is 34.2 Å². The molecule has 0 aliphatic carbocycles. The number of benzene rings is 2. The van der Waals surface area contributed by atoms with Crippen LogP contribution < -0.4 is 5.32 Å². The molecule has 1 N–H and O–H groups in total. The van der Waals surface area contributed by atoms with Gasteiger partial charge in [0.25, 0.3) is 0 Å². The molecule has 26 heavy (non-hydrogen) atoms. The van der Waals surface area contributed by atoms with Crippen molar-refractivity contribution in [3.63, 3.8) is 0 Å². The van der Waals surface area contributed by atoms with Crippen LogP contribution in [0.4, 0.5) is 5.82 Å². The molecule has 0 fully saturated rings. The first-order valence-electron chi connectivity index (χ1n) is 8.39. The Morgan fingerprint density at radius 2 is 1.85 bits per heavy atom. The Bertz CT molecular complexity index is 863. The number of halogens is 1. The first-order valence-corrected chi connectivity index (χ1v) is 8.77. The maximum Gasteiger partial charge on any atom is 0.239 e. The molecule has 0 radical (unpaired) electrons. The fourth-order valence-electron chi connectivity index (χ4n) is 2.73. The SMILES string of the molecule is CN(CC(=O)Nc1ccnn1Cc1ccccc1Cl)Cc1ccccc1. The number of nitrogens with one attached hydrogen (secondary N) is 1. The Morgan fingerprint density at radius 1 is 1.12 bits per heavy atom. The first-order chi connectivity index (χ1) is 12.6. The van der Waals surface area contributed by atoms with Crippen LogP contribution in [0.5, 0.6) is 0 Å². The molecule has 3 rings (SSSR count). The van der Waals surface area contributed by atoms with E-state index in [1.54, 1.807) is 16.9 Å². The maximum absolute atomic E-state index is 12.4. The summed E-state index contributed by atoms with van der Waals surface area (Å²) < 4.78 is 1.73. The Hall–Kier alpha value is -2.63. The number of hydrogen-bond acceptors (Lipinski definition) is 3. The van der Waals surface area contributed by atoms with Gasteiger partial charge in [-0.2, -0.15) is 5.10 Å². The standard InChI is InChI=1S/C20H21ClN4O/c1-24(13-16-7-3-2-4-8-16)15-20(26)23-19-11-12-22-25(19)14-17-9-5-6-10-18(17)21/h2-12H,13-15H2,1H3,(H,23,26). The van der Waals surface area contributed by atoms with Crippen molar-refractivity contribution in [1.29, 1.82) is 0 Å². The minimum Gasteiger partial charge on any atom is -0.310 e. The van der Waals surface area contributed by atoms with Gasteiger partial charge in [-0.3, -0.25) is 9.69 Å². The van der Waals surface area contributed by atoms with Gasteiger partial charge in [-0.25, -0.2) is 4.68 Å². The lowest BCUT2D eigenvalue weighted by Crippen LogP contribution is -2.30. The van der Waals surface area contributed by atoms with Gasteiger partial charge in [0.1, 0.15) is 5.82 Å². The average Bonchev–Trinajstić information content (AvgIpc) is 3.04. The highest BCUT2D eigenvalue weighted by Crippen LogP contribution is 2.18. The second kappa shape index (κ2) is 8.65.